The van der Waals surface area contributed by atoms with Gasteiger partial charge in [-0.05, 0) is 18.9 Å². The molecule has 1 atom stereocenters. The van der Waals surface area contributed by atoms with E-state index >= 15 is 0 Å². The van der Waals surface area contributed by atoms with E-state index in [1.807, 2.05) is 6.92 Å². The highest BCUT2D eigenvalue weighted by molar-refractivity contribution is 5.35. The number of hydrogen-bond donors (Lipinski definition) is 1. The van der Waals surface area contributed by atoms with Crippen LogP contribution in [-0.4, -0.2) is 11.1 Å². The second-order valence-corrected chi connectivity index (χ2v) is 3.50. The Labute approximate surface area is 78.9 Å². The Hall–Kier alpha value is -1.25. The van der Waals surface area contributed by atoms with Crippen LogP contribution in [0, 0.1) is 5.92 Å². The number of hydrogen-bond acceptors (Lipinski definition) is 3. The molecular weight excluding hydrogens is 164 g/mol. The zero-order valence-electron chi connectivity index (χ0n) is 8.32. The Kier molecular flexibility index (Phi) is 3.12. The van der Waals surface area contributed by atoms with Crippen molar-refractivity contribution < 1.29 is 4.74 Å². The number of ether oxygens (including phenoxy) is 1. The molecule has 72 valence electrons. The fraction of sp³-hybridized carbons (Fsp3) is 0.500. The van der Waals surface area contributed by atoms with Gasteiger partial charge >= 0.3 is 0 Å². The topological polar surface area (TPSA) is 48.1 Å². The van der Waals surface area contributed by atoms with Crippen LogP contribution >= 0.6 is 0 Å². The van der Waals surface area contributed by atoms with E-state index in [2.05, 4.69) is 18.8 Å². The SMILES string of the molecule is CC(C)C(C)Oc1ccc(N)cn1. The number of pyridine rings is 1. The maximum absolute atomic E-state index is 5.56. The molecule has 0 saturated carbocycles. The van der Waals surface area contributed by atoms with Crippen molar-refractivity contribution >= 4 is 5.69 Å². The predicted octanol–water partition coefficient (Wildman–Crippen LogP) is 2.09. The smallest absolute Gasteiger partial charge is 0.213 e. The zero-order chi connectivity index (χ0) is 9.84. The molecule has 1 aromatic rings. The third kappa shape index (κ3) is 2.93. The predicted molar refractivity (Wildman–Crippen MR) is 53.6 cm³/mol. The lowest BCUT2D eigenvalue weighted by molar-refractivity contribution is 0.163. The first-order chi connectivity index (χ1) is 6.09. The number of anilines is 1. The van der Waals surface area contributed by atoms with Crippen molar-refractivity contribution in [2.45, 2.75) is 26.9 Å². The summed E-state index contributed by atoms with van der Waals surface area (Å²) in [5.74, 6) is 1.12. The molecular formula is C10H16N2O. The van der Waals surface area contributed by atoms with Gasteiger partial charge in [0.1, 0.15) is 0 Å². The molecule has 0 aromatic carbocycles. The molecule has 2 N–H and O–H groups in total. The Bertz CT molecular complexity index is 256. The summed E-state index contributed by atoms with van der Waals surface area (Å²) in [5, 5.41) is 0. The Balaban J connectivity index is 2.59. The molecule has 1 aromatic heterocycles. The maximum atomic E-state index is 5.56. The number of nitrogen functional groups attached to an aromatic ring is 1. The number of aromatic nitrogens is 1. The van der Waals surface area contributed by atoms with E-state index in [1.54, 1.807) is 18.3 Å². The van der Waals surface area contributed by atoms with Gasteiger partial charge in [-0.2, -0.15) is 0 Å². The molecule has 1 unspecified atom stereocenters. The van der Waals surface area contributed by atoms with Gasteiger partial charge in [-0.3, -0.25) is 0 Å². The van der Waals surface area contributed by atoms with Crippen LogP contribution in [0.1, 0.15) is 20.8 Å². The monoisotopic (exact) mass is 180 g/mol. The first-order valence-corrected chi connectivity index (χ1v) is 4.48. The van der Waals surface area contributed by atoms with Gasteiger partial charge in [-0.1, -0.05) is 13.8 Å². The lowest BCUT2D eigenvalue weighted by Crippen LogP contribution is -2.19. The van der Waals surface area contributed by atoms with E-state index < -0.39 is 0 Å². The molecule has 0 fully saturated rings. The Morgan fingerprint density at radius 1 is 1.31 bits per heavy atom. The Morgan fingerprint density at radius 2 is 2.00 bits per heavy atom. The Morgan fingerprint density at radius 3 is 2.46 bits per heavy atom. The summed E-state index contributed by atoms with van der Waals surface area (Å²) in [6.45, 7) is 6.26. The van der Waals surface area contributed by atoms with Gasteiger partial charge in [0.25, 0.3) is 0 Å². The summed E-state index contributed by atoms with van der Waals surface area (Å²) >= 11 is 0. The van der Waals surface area contributed by atoms with E-state index in [0.29, 0.717) is 17.5 Å². The molecule has 0 spiro atoms. The highest BCUT2D eigenvalue weighted by atomic mass is 16.5. The van der Waals surface area contributed by atoms with Gasteiger partial charge in [-0.15, -0.1) is 0 Å². The average molecular weight is 180 g/mol. The lowest BCUT2D eigenvalue weighted by Gasteiger charge is -2.16. The molecule has 0 aliphatic carbocycles. The highest BCUT2D eigenvalue weighted by Gasteiger charge is 2.08. The molecule has 1 heterocycles. The molecule has 13 heavy (non-hydrogen) atoms. The second-order valence-electron chi connectivity index (χ2n) is 3.50. The number of rotatable bonds is 3. The van der Waals surface area contributed by atoms with Crippen LogP contribution < -0.4 is 10.5 Å². The molecule has 0 aliphatic rings. The van der Waals surface area contributed by atoms with E-state index in [1.165, 1.54) is 0 Å². The molecule has 0 amide bonds. The summed E-state index contributed by atoms with van der Waals surface area (Å²) in [7, 11) is 0. The van der Waals surface area contributed by atoms with Crippen LogP contribution in [0.15, 0.2) is 18.3 Å². The molecule has 0 aliphatic heterocycles. The van der Waals surface area contributed by atoms with Crippen LogP contribution in [0.2, 0.25) is 0 Å². The van der Waals surface area contributed by atoms with E-state index in [0.717, 1.165) is 0 Å². The summed E-state index contributed by atoms with van der Waals surface area (Å²) in [5.41, 5.74) is 6.16. The largest absolute Gasteiger partial charge is 0.474 e. The van der Waals surface area contributed by atoms with Crippen LogP contribution in [0.25, 0.3) is 0 Å². The quantitative estimate of drug-likeness (QED) is 0.774. The second kappa shape index (κ2) is 4.12. The molecule has 3 heteroatoms. The fourth-order valence-corrected chi connectivity index (χ4v) is 0.788. The summed E-state index contributed by atoms with van der Waals surface area (Å²) in [6.07, 6.45) is 1.78. The molecule has 3 nitrogen and oxygen atoms in total. The molecule has 0 bridgehead atoms. The third-order valence-electron chi connectivity index (χ3n) is 2.00. The van der Waals surface area contributed by atoms with Gasteiger partial charge < -0.3 is 10.5 Å². The van der Waals surface area contributed by atoms with Gasteiger partial charge in [-0.25, -0.2) is 4.98 Å². The van der Waals surface area contributed by atoms with Crippen molar-refractivity contribution in [3.63, 3.8) is 0 Å². The minimum Gasteiger partial charge on any atom is -0.474 e. The van der Waals surface area contributed by atoms with Gasteiger partial charge in [0, 0.05) is 6.07 Å². The normalized spacial score (nSPS) is 12.9. The minimum absolute atomic E-state index is 0.177. The van der Waals surface area contributed by atoms with Gasteiger partial charge in [0.15, 0.2) is 0 Å². The summed E-state index contributed by atoms with van der Waals surface area (Å²) in [6, 6.07) is 3.57. The molecule has 1 rings (SSSR count). The van der Waals surface area contributed by atoms with Crippen LogP contribution in [0.3, 0.4) is 0 Å². The standard InChI is InChI=1S/C10H16N2O/c1-7(2)8(3)13-10-5-4-9(11)6-12-10/h4-8H,11H2,1-3H3. The van der Waals surface area contributed by atoms with Crippen LogP contribution in [0.4, 0.5) is 5.69 Å². The van der Waals surface area contributed by atoms with E-state index in [9.17, 15) is 0 Å². The zero-order valence-corrected chi connectivity index (χ0v) is 8.32. The first kappa shape index (κ1) is 9.84. The van der Waals surface area contributed by atoms with Crippen molar-refractivity contribution in [1.82, 2.24) is 4.98 Å². The van der Waals surface area contributed by atoms with Gasteiger partial charge in [0.05, 0.1) is 18.0 Å². The van der Waals surface area contributed by atoms with Crippen molar-refractivity contribution in [2.75, 3.05) is 5.73 Å². The van der Waals surface area contributed by atoms with Crippen LogP contribution in [0.5, 0.6) is 5.88 Å². The summed E-state index contributed by atoms with van der Waals surface area (Å²) < 4.78 is 5.56. The van der Waals surface area contributed by atoms with Gasteiger partial charge in [0.2, 0.25) is 5.88 Å². The van der Waals surface area contributed by atoms with E-state index in [4.69, 9.17) is 10.5 Å². The fourth-order valence-electron chi connectivity index (χ4n) is 0.788. The van der Waals surface area contributed by atoms with Crippen molar-refractivity contribution in [2.24, 2.45) is 5.92 Å². The van der Waals surface area contributed by atoms with E-state index in [-0.39, 0.29) is 6.10 Å². The summed E-state index contributed by atoms with van der Waals surface area (Å²) in [4.78, 5) is 4.05. The average Bonchev–Trinajstić information content (AvgIpc) is 2.08. The minimum atomic E-state index is 0.177. The lowest BCUT2D eigenvalue weighted by atomic mass is 10.1. The maximum Gasteiger partial charge on any atom is 0.213 e. The van der Waals surface area contributed by atoms with Crippen molar-refractivity contribution in [3.05, 3.63) is 18.3 Å². The molecule has 0 saturated heterocycles. The number of nitrogens with zero attached hydrogens (tertiary/aromatic N) is 1. The third-order valence-corrected chi connectivity index (χ3v) is 2.00. The molecule has 0 radical (unpaired) electrons. The van der Waals surface area contributed by atoms with Crippen molar-refractivity contribution in [1.29, 1.82) is 0 Å². The highest BCUT2D eigenvalue weighted by Crippen LogP contribution is 2.13. The van der Waals surface area contributed by atoms with Crippen LogP contribution in [-0.2, 0) is 0 Å². The first-order valence-electron chi connectivity index (χ1n) is 4.48. The van der Waals surface area contributed by atoms with Crippen molar-refractivity contribution in [3.8, 4) is 5.88 Å². The number of nitrogens with two attached hydrogens (primary N) is 1.